The van der Waals surface area contributed by atoms with E-state index in [2.05, 4.69) is 5.32 Å². The van der Waals surface area contributed by atoms with Crippen LogP contribution in [0.5, 0.6) is 0 Å². The van der Waals surface area contributed by atoms with Crippen LogP contribution in [0.25, 0.3) is 0 Å². The van der Waals surface area contributed by atoms with Crippen LogP contribution in [-0.2, 0) is 14.6 Å². The lowest BCUT2D eigenvalue weighted by Gasteiger charge is -2.23. The molecule has 0 spiro atoms. The van der Waals surface area contributed by atoms with Crippen molar-refractivity contribution in [3.8, 4) is 0 Å². The number of morpholine rings is 1. The van der Waals surface area contributed by atoms with E-state index >= 15 is 0 Å². The summed E-state index contributed by atoms with van der Waals surface area (Å²) in [5, 5.41) is 3.33. The second-order valence-corrected chi connectivity index (χ2v) is 6.26. The van der Waals surface area contributed by atoms with Crippen LogP contribution >= 0.6 is 0 Å². The molecule has 88 valence electrons. The first-order valence-electron chi connectivity index (χ1n) is 5.12. The molecular formula is C10H19NO3S. The van der Waals surface area contributed by atoms with Crippen molar-refractivity contribution in [2.45, 2.75) is 19.4 Å². The van der Waals surface area contributed by atoms with Crippen LogP contribution in [0.4, 0.5) is 0 Å². The molecule has 0 bridgehead atoms. The molecule has 1 aliphatic rings. The lowest BCUT2D eigenvalue weighted by molar-refractivity contribution is 0.0770. The Morgan fingerprint density at radius 2 is 2.33 bits per heavy atom. The molecule has 1 atom stereocenters. The Morgan fingerprint density at radius 3 is 2.87 bits per heavy atom. The van der Waals surface area contributed by atoms with Gasteiger partial charge in [-0.15, -0.1) is 0 Å². The minimum absolute atomic E-state index is 0.131. The van der Waals surface area contributed by atoms with E-state index in [-0.39, 0.29) is 5.75 Å². The molecule has 0 aliphatic carbocycles. The lowest BCUT2D eigenvalue weighted by atomic mass is 10.1. The highest BCUT2D eigenvalue weighted by Crippen LogP contribution is 2.07. The topological polar surface area (TPSA) is 55.4 Å². The van der Waals surface area contributed by atoms with Crippen molar-refractivity contribution in [3.05, 3.63) is 11.6 Å². The van der Waals surface area contributed by atoms with Gasteiger partial charge in [-0.2, -0.15) is 0 Å². The normalized spacial score (nSPS) is 24.1. The van der Waals surface area contributed by atoms with Gasteiger partial charge < -0.3 is 10.1 Å². The molecule has 1 heterocycles. The summed E-state index contributed by atoms with van der Waals surface area (Å²) < 4.78 is 27.2. The summed E-state index contributed by atoms with van der Waals surface area (Å²) in [6.45, 7) is 4.32. The van der Waals surface area contributed by atoms with E-state index in [4.69, 9.17) is 4.74 Å². The van der Waals surface area contributed by atoms with E-state index in [0.717, 1.165) is 25.1 Å². The van der Waals surface area contributed by atoms with Gasteiger partial charge in [0, 0.05) is 18.8 Å². The molecule has 1 rings (SSSR count). The highest BCUT2D eigenvalue weighted by molar-refractivity contribution is 7.90. The summed E-state index contributed by atoms with van der Waals surface area (Å²) in [6.07, 6.45) is 3.89. The maximum Gasteiger partial charge on any atom is 0.151 e. The zero-order valence-corrected chi connectivity index (χ0v) is 10.1. The van der Waals surface area contributed by atoms with Crippen LogP contribution in [0.2, 0.25) is 0 Å². The Kier molecular flexibility index (Phi) is 4.76. The smallest absolute Gasteiger partial charge is 0.151 e. The quantitative estimate of drug-likeness (QED) is 0.712. The Bertz CT molecular complexity index is 316. The van der Waals surface area contributed by atoms with Gasteiger partial charge in [-0.1, -0.05) is 11.6 Å². The molecule has 15 heavy (non-hydrogen) atoms. The first kappa shape index (κ1) is 12.7. The van der Waals surface area contributed by atoms with Crippen molar-refractivity contribution in [2.75, 3.05) is 31.8 Å². The van der Waals surface area contributed by atoms with E-state index in [9.17, 15) is 8.42 Å². The predicted octanol–water partition coefficient (Wildman–Crippen LogP) is 0.356. The van der Waals surface area contributed by atoms with Crippen molar-refractivity contribution in [1.82, 2.24) is 5.32 Å². The average molecular weight is 233 g/mol. The van der Waals surface area contributed by atoms with Gasteiger partial charge in [0.1, 0.15) is 0 Å². The van der Waals surface area contributed by atoms with Crippen LogP contribution in [0.1, 0.15) is 13.3 Å². The third-order valence-corrected chi connectivity index (χ3v) is 3.07. The standard InChI is InChI=1S/C10H19NO3S/c1-9(3-6-15(2,12)13)7-10-8-14-5-4-11-10/h3,10-11H,4-8H2,1-2H3. The van der Waals surface area contributed by atoms with Gasteiger partial charge in [-0.05, 0) is 13.3 Å². The molecule has 1 unspecified atom stereocenters. The molecule has 1 aliphatic heterocycles. The molecule has 0 saturated carbocycles. The number of sulfone groups is 1. The van der Waals surface area contributed by atoms with Crippen LogP contribution in [0.15, 0.2) is 11.6 Å². The van der Waals surface area contributed by atoms with Crippen molar-refractivity contribution in [2.24, 2.45) is 0 Å². The Hall–Kier alpha value is -0.390. The largest absolute Gasteiger partial charge is 0.379 e. The van der Waals surface area contributed by atoms with Gasteiger partial charge in [0.15, 0.2) is 9.84 Å². The number of nitrogens with one attached hydrogen (secondary N) is 1. The SMILES string of the molecule is CC(=CCS(C)(=O)=O)CC1COCCN1. The third kappa shape index (κ3) is 5.92. The van der Waals surface area contributed by atoms with Crippen LogP contribution in [-0.4, -0.2) is 46.2 Å². The van der Waals surface area contributed by atoms with E-state index in [1.807, 2.05) is 6.92 Å². The second-order valence-electron chi connectivity index (χ2n) is 4.07. The molecule has 1 fully saturated rings. The number of hydrogen-bond acceptors (Lipinski definition) is 4. The molecule has 0 radical (unpaired) electrons. The third-order valence-electron chi connectivity index (χ3n) is 2.30. The number of rotatable bonds is 4. The first-order valence-corrected chi connectivity index (χ1v) is 7.18. The van der Waals surface area contributed by atoms with Crippen molar-refractivity contribution in [3.63, 3.8) is 0 Å². The predicted molar refractivity (Wildman–Crippen MR) is 60.7 cm³/mol. The zero-order chi connectivity index (χ0) is 11.3. The van der Waals surface area contributed by atoms with Gasteiger partial charge in [0.25, 0.3) is 0 Å². The number of ether oxygens (including phenoxy) is 1. The molecule has 0 amide bonds. The first-order chi connectivity index (χ1) is 6.97. The maximum atomic E-state index is 10.9. The fourth-order valence-electron chi connectivity index (χ4n) is 1.52. The van der Waals surface area contributed by atoms with Crippen LogP contribution in [0, 0.1) is 0 Å². The van der Waals surface area contributed by atoms with Gasteiger partial charge in [0.05, 0.1) is 19.0 Å². The summed E-state index contributed by atoms with van der Waals surface area (Å²) in [7, 11) is -2.89. The molecule has 4 nitrogen and oxygen atoms in total. The second kappa shape index (κ2) is 5.63. The monoisotopic (exact) mass is 233 g/mol. The number of hydrogen-bond donors (Lipinski definition) is 1. The molecule has 1 saturated heterocycles. The van der Waals surface area contributed by atoms with Gasteiger partial charge >= 0.3 is 0 Å². The minimum atomic E-state index is -2.89. The zero-order valence-electron chi connectivity index (χ0n) is 9.32. The molecular weight excluding hydrogens is 214 g/mol. The van der Waals surface area contributed by atoms with Crippen LogP contribution in [0.3, 0.4) is 0 Å². The minimum Gasteiger partial charge on any atom is -0.379 e. The average Bonchev–Trinajstić information content (AvgIpc) is 2.15. The molecule has 1 N–H and O–H groups in total. The molecule has 0 aromatic rings. The summed E-state index contributed by atoms with van der Waals surface area (Å²) in [4.78, 5) is 0. The molecule has 0 aromatic carbocycles. The van der Waals surface area contributed by atoms with Gasteiger partial charge in [0.2, 0.25) is 0 Å². The highest BCUT2D eigenvalue weighted by atomic mass is 32.2. The van der Waals surface area contributed by atoms with Crippen molar-refractivity contribution >= 4 is 9.84 Å². The van der Waals surface area contributed by atoms with Crippen molar-refractivity contribution in [1.29, 1.82) is 0 Å². The van der Waals surface area contributed by atoms with E-state index in [1.165, 1.54) is 6.26 Å². The summed E-state index contributed by atoms with van der Waals surface area (Å²) in [5.41, 5.74) is 1.10. The van der Waals surface area contributed by atoms with Gasteiger partial charge in [-0.25, -0.2) is 8.42 Å². The van der Waals surface area contributed by atoms with Crippen LogP contribution < -0.4 is 5.32 Å². The Balaban J connectivity index is 2.36. The Labute approximate surface area is 91.6 Å². The molecule has 5 heteroatoms. The maximum absolute atomic E-state index is 10.9. The highest BCUT2D eigenvalue weighted by Gasteiger charge is 2.13. The Morgan fingerprint density at radius 1 is 1.60 bits per heavy atom. The van der Waals surface area contributed by atoms with Crippen molar-refractivity contribution < 1.29 is 13.2 Å². The fraction of sp³-hybridized carbons (Fsp3) is 0.800. The lowest BCUT2D eigenvalue weighted by Crippen LogP contribution is -2.41. The summed E-state index contributed by atoms with van der Waals surface area (Å²) >= 11 is 0. The molecule has 0 aromatic heterocycles. The van der Waals surface area contributed by atoms with Gasteiger partial charge in [-0.3, -0.25) is 0 Å². The van der Waals surface area contributed by atoms with E-state index < -0.39 is 9.84 Å². The van der Waals surface area contributed by atoms with E-state index in [1.54, 1.807) is 6.08 Å². The van der Waals surface area contributed by atoms with E-state index in [0.29, 0.717) is 12.6 Å². The summed E-state index contributed by atoms with van der Waals surface area (Å²) in [5.74, 6) is 0.131. The fourth-order valence-corrected chi connectivity index (χ4v) is 2.10. The summed E-state index contributed by atoms with van der Waals surface area (Å²) in [6, 6.07) is 0.328.